The number of hydrogen-bond donors (Lipinski definition) is 1. The second kappa shape index (κ2) is 6.20. The summed E-state index contributed by atoms with van der Waals surface area (Å²) in [6.07, 6.45) is 11.6. The van der Waals surface area contributed by atoms with Crippen LogP contribution in [-0.2, 0) is 13.5 Å². The Morgan fingerprint density at radius 3 is 2.59 bits per heavy atom. The first-order valence-electron chi connectivity index (χ1n) is 6.95. The summed E-state index contributed by atoms with van der Waals surface area (Å²) in [5.41, 5.74) is 1.22. The third-order valence-corrected chi connectivity index (χ3v) is 4.04. The molecule has 0 saturated heterocycles. The fourth-order valence-electron chi connectivity index (χ4n) is 3.02. The molecule has 2 rings (SSSR count). The van der Waals surface area contributed by atoms with Crippen molar-refractivity contribution in [1.29, 1.82) is 0 Å². The molecule has 0 radical (unpaired) electrons. The number of rotatable bonds is 4. The third kappa shape index (κ3) is 3.56. The first kappa shape index (κ1) is 12.6. The zero-order valence-electron chi connectivity index (χ0n) is 11.2. The molecule has 1 fully saturated rings. The summed E-state index contributed by atoms with van der Waals surface area (Å²) in [4.78, 5) is 0. The van der Waals surface area contributed by atoms with Crippen molar-refractivity contribution in [2.75, 3.05) is 7.05 Å². The van der Waals surface area contributed by atoms with Gasteiger partial charge in [-0.15, -0.1) is 0 Å². The van der Waals surface area contributed by atoms with Crippen molar-refractivity contribution in [2.24, 2.45) is 13.0 Å². The van der Waals surface area contributed by atoms with Crippen molar-refractivity contribution in [3.05, 3.63) is 18.0 Å². The van der Waals surface area contributed by atoms with Crippen LogP contribution in [0.15, 0.2) is 12.3 Å². The van der Waals surface area contributed by atoms with E-state index in [4.69, 9.17) is 0 Å². The van der Waals surface area contributed by atoms with Gasteiger partial charge in [-0.3, -0.25) is 4.68 Å². The fourth-order valence-corrected chi connectivity index (χ4v) is 3.02. The summed E-state index contributed by atoms with van der Waals surface area (Å²) >= 11 is 0. The number of nitrogens with zero attached hydrogens (tertiary/aromatic N) is 2. The summed E-state index contributed by atoms with van der Waals surface area (Å²) in [6, 6.07) is 2.74. The third-order valence-electron chi connectivity index (χ3n) is 4.04. The molecule has 0 amide bonds. The van der Waals surface area contributed by atoms with Gasteiger partial charge in [-0.1, -0.05) is 25.7 Å². The van der Waals surface area contributed by atoms with Crippen molar-refractivity contribution in [2.45, 2.75) is 51.0 Å². The molecule has 96 valence electrons. The molecule has 0 spiro atoms. The van der Waals surface area contributed by atoms with E-state index in [1.807, 2.05) is 17.9 Å². The quantitative estimate of drug-likeness (QED) is 0.813. The Kier molecular flexibility index (Phi) is 4.60. The molecule has 0 aromatic carbocycles. The van der Waals surface area contributed by atoms with E-state index in [2.05, 4.69) is 23.5 Å². The van der Waals surface area contributed by atoms with Crippen LogP contribution >= 0.6 is 0 Å². The lowest BCUT2D eigenvalue weighted by atomic mass is 9.89. The number of aromatic nitrogens is 2. The first-order valence-corrected chi connectivity index (χ1v) is 6.95. The number of nitrogens with one attached hydrogen (secondary N) is 1. The van der Waals surface area contributed by atoms with E-state index in [1.165, 1.54) is 44.2 Å². The van der Waals surface area contributed by atoms with E-state index >= 15 is 0 Å². The van der Waals surface area contributed by atoms with Crippen LogP contribution in [0.5, 0.6) is 0 Å². The molecule has 1 aliphatic carbocycles. The van der Waals surface area contributed by atoms with Gasteiger partial charge in [0, 0.05) is 25.7 Å². The highest BCUT2D eigenvalue weighted by Gasteiger charge is 2.22. The van der Waals surface area contributed by atoms with Gasteiger partial charge in [-0.25, -0.2) is 0 Å². The summed E-state index contributed by atoms with van der Waals surface area (Å²) in [5.74, 6) is 0.838. The molecule has 1 aliphatic rings. The molecular formula is C14H25N3. The maximum absolute atomic E-state index is 4.49. The van der Waals surface area contributed by atoms with Crippen molar-refractivity contribution < 1.29 is 0 Å². The zero-order chi connectivity index (χ0) is 12.1. The molecular weight excluding hydrogens is 210 g/mol. The highest BCUT2D eigenvalue weighted by atomic mass is 15.2. The minimum atomic E-state index is 0.600. The van der Waals surface area contributed by atoms with Crippen LogP contribution in [0, 0.1) is 5.92 Å². The van der Waals surface area contributed by atoms with Gasteiger partial charge in [0.05, 0.1) is 5.69 Å². The van der Waals surface area contributed by atoms with Gasteiger partial charge in [0.15, 0.2) is 0 Å². The molecule has 1 N–H and O–H groups in total. The molecule has 1 aromatic rings. The maximum atomic E-state index is 4.49. The Bertz CT molecular complexity index is 324. The second-order valence-electron chi connectivity index (χ2n) is 5.33. The van der Waals surface area contributed by atoms with E-state index in [-0.39, 0.29) is 0 Å². The maximum Gasteiger partial charge on any atom is 0.0640 e. The fraction of sp³-hybridized carbons (Fsp3) is 0.786. The number of aryl methyl sites for hydroxylation is 1. The molecule has 1 heterocycles. The van der Waals surface area contributed by atoms with Crippen LogP contribution in [0.1, 0.15) is 44.2 Å². The largest absolute Gasteiger partial charge is 0.316 e. The van der Waals surface area contributed by atoms with Crippen LogP contribution in [-0.4, -0.2) is 22.9 Å². The second-order valence-corrected chi connectivity index (χ2v) is 5.33. The van der Waals surface area contributed by atoms with Crippen molar-refractivity contribution >= 4 is 0 Å². The van der Waals surface area contributed by atoms with Crippen LogP contribution in [0.4, 0.5) is 0 Å². The van der Waals surface area contributed by atoms with E-state index in [1.54, 1.807) is 0 Å². The number of likely N-dealkylation sites (N-methyl/N-ethyl adjacent to an activating group) is 1. The van der Waals surface area contributed by atoms with Gasteiger partial charge in [-0.2, -0.15) is 5.10 Å². The van der Waals surface area contributed by atoms with E-state index in [0.29, 0.717) is 6.04 Å². The predicted molar refractivity (Wildman–Crippen MR) is 71.0 cm³/mol. The molecule has 3 nitrogen and oxygen atoms in total. The van der Waals surface area contributed by atoms with Gasteiger partial charge in [-0.05, 0) is 31.9 Å². The lowest BCUT2D eigenvalue weighted by Crippen LogP contribution is -2.35. The number of hydrogen-bond acceptors (Lipinski definition) is 2. The monoisotopic (exact) mass is 235 g/mol. The Balaban J connectivity index is 1.95. The molecule has 1 aromatic heterocycles. The van der Waals surface area contributed by atoms with Crippen LogP contribution in [0.25, 0.3) is 0 Å². The van der Waals surface area contributed by atoms with Gasteiger partial charge in [0.1, 0.15) is 0 Å². The summed E-state index contributed by atoms with van der Waals surface area (Å²) in [6.45, 7) is 0. The Labute approximate surface area is 105 Å². The predicted octanol–water partition coefficient (Wildman–Crippen LogP) is 2.52. The molecule has 1 unspecified atom stereocenters. The minimum Gasteiger partial charge on any atom is -0.316 e. The summed E-state index contributed by atoms with van der Waals surface area (Å²) in [5, 5.41) is 8.00. The molecule has 1 atom stereocenters. The summed E-state index contributed by atoms with van der Waals surface area (Å²) < 4.78 is 1.90. The van der Waals surface area contributed by atoms with Crippen molar-refractivity contribution in [1.82, 2.24) is 15.1 Å². The van der Waals surface area contributed by atoms with Crippen molar-refractivity contribution in [3.8, 4) is 0 Å². The lowest BCUT2D eigenvalue weighted by molar-refractivity contribution is 0.330. The topological polar surface area (TPSA) is 29.9 Å². The van der Waals surface area contributed by atoms with E-state index in [0.717, 1.165) is 12.3 Å². The van der Waals surface area contributed by atoms with Gasteiger partial charge < -0.3 is 5.32 Å². The molecule has 3 heteroatoms. The highest BCUT2D eigenvalue weighted by Crippen LogP contribution is 2.26. The Morgan fingerprint density at radius 1 is 1.35 bits per heavy atom. The van der Waals surface area contributed by atoms with Crippen molar-refractivity contribution in [3.63, 3.8) is 0 Å². The van der Waals surface area contributed by atoms with Gasteiger partial charge in [0.25, 0.3) is 0 Å². The highest BCUT2D eigenvalue weighted by molar-refractivity contribution is 5.02. The first-order chi connectivity index (χ1) is 8.29. The van der Waals surface area contributed by atoms with Gasteiger partial charge in [0.2, 0.25) is 0 Å². The van der Waals surface area contributed by atoms with Gasteiger partial charge >= 0.3 is 0 Å². The van der Waals surface area contributed by atoms with E-state index in [9.17, 15) is 0 Å². The Morgan fingerprint density at radius 2 is 2.06 bits per heavy atom. The van der Waals surface area contributed by atoms with Crippen LogP contribution < -0.4 is 5.32 Å². The molecule has 0 bridgehead atoms. The lowest BCUT2D eigenvalue weighted by Gasteiger charge is -2.25. The smallest absolute Gasteiger partial charge is 0.0640 e. The minimum absolute atomic E-state index is 0.600. The average molecular weight is 235 g/mol. The SMILES string of the molecule is CNC(Cc1ccn(C)n1)C1CCCCCC1. The molecule has 0 aliphatic heterocycles. The standard InChI is InChI=1S/C14H25N3/c1-15-14(11-13-9-10-17(2)16-13)12-7-5-3-4-6-8-12/h9-10,12,14-15H,3-8,11H2,1-2H3. The Hall–Kier alpha value is -0.830. The normalized spacial score (nSPS) is 20.1. The summed E-state index contributed by atoms with van der Waals surface area (Å²) in [7, 11) is 4.09. The zero-order valence-corrected chi connectivity index (χ0v) is 11.2. The molecule has 17 heavy (non-hydrogen) atoms. The average Bonchev–Trinajstić information content (AvgIpc) is 2.58. The van der Waals surface area contributed by atoms with E-state index < -0.39 is 0 Å². The van der Waals surface area contributed by atoms with Crippen LogP contribution in [0.3, 0.4) is 0 Å². The molecule has 1 saturated carbocycles. The van der Waals surface area contributed by atoms with Crippen LogP contribution in [0.2, 0.25) is 0 Å².